The molecule has 0 aliphatic heterocycles. The van der Waals surface area contributed by atoms with Crippen LogP contribution in [0.5, 0.6) is 0 Å². The number of nitrogens with zero attached hydrogens (tertiary/aromatic N) is 2. The lowest BCUT2D eigenvalue weighted by Gasteiger charge is -2.32. The Morgan fingerprint density at radius 1 is 1.33 bits per heavy atom. The molecule has 1 unspecified atom stereocenters. The molecule has 0 heterocycles. The maximum absolute atomic E-state index is 6.23. The molecule has 0 saturated heterocycles. The molecule has 0 amide bonds. The zero-order valence-electron chi connectivity index (χ0n) is 10.2. The van der Waals surface area contributed by atoms with Crippen LogP contribution in [-0.4, -0.2) is 30.4 Å². The van der Waals surface area contributed by atoms with Crippen molar-refractivity contribution in [1.29, 1.82) is 0 Å². The molecule has 0 spiro atoms. The minimum atomic E-state index is -1.02. The van der Waals surface area contributed by atoms with Crippen LogP contribution in [0.1, 0.15) is 34.1 Å². The maximum atomic E-state index is 6.23. The van der Waals surface area contributed by atoms with E-state index in [4.69, 9.17) is 15.8 Å². The predicted octanol–water partition coefficient (Wildman–Crippen LogP) is 3.94. The van der Waals surface area contributed by atoms with Gasteiger partial charge in [0.1, 0.15) is 6.42 Å². The Morgan fingerprint density at radius 2 is 1.87 bits per heavy atom. The molecular formula is C10H21ClN2OP+. The maximum Gasteiger partial charge on any atom is 0.274 e. The standard InChI is InChI=1S/C10H21ClN2OP/c1-9(2)13(10(3)4)15(11)14-8-6-7-12-5/h9-10H,6,8H2,1-5H3/q+1. The van der Waals surface area contributed by atoms with Crippen LogP contribution in [0, 0.1) is 6.07 Å². The third-order valence-electron chi connectivity index (χ3n) is 1.81. The van der Waals surface area contributed by atoms with Gasteiger partial charge in [-0.2, -0.15) is 0 Å². The fourth-order valence-corrected chi connectivity index (χ4v) is 3.66. The SMILES string of the molecule is C[N+]#CCCOP(Cl)N(C(C)C)C(C)C. The molecule has 5 heteroatoms. The monoisotopic (exact) mass is 251 g/mol. The van der Waals surface area contributed by atoms with Crippen LogP contribution in [0.3, 0.4) is 0 Å². The van der Waals surface area contributed by atoms with Gasteiger partial charge in [-0.3, -0.25) is 0 Å². The highest BCUT2D eigenvalue weighted by Gasteiger charge is 2.23. The lowest BCUT2D eigenvalue weighted by Crippen LogP contribution is -2.31. The molecule has 15 heavy (non-hydrogen) atoms. The summed E-state index contributed by atoms with van der Waals surface area (Å²) >= 11 is 6.23. The Kier molecular flexibility index (Phi) is 8.37. The minimum absolute atomic E-state index is 0.400. The van der Waals surface area contributed by atoms with Crippen LogP contribution in [0.15, 0.2) is 0 Å². The highest BCUT2D eigenvalue weighted by molar-refractivity contribution is 7.78. The van der Waals surface area contributed by atoms with Crippen molar-refractivity contribution in [2.45, 2.75) is 46.2 Å². The highest BCUT2D eigenvalue weighted by Crippen LogP contribution is 2.49. The molecule has 0 rings (SSSR count). The van der Waals surface area contributed by atoms with Gasteiger partial charge >= 0.3 is 0 Å². The Morgan fingerprint density at radius 3 is 2.27 bits per heavy atom. The van der Waals surface area contributed by atoms with Gasteiger partial charge in [0, 0.05) is 12.1 Å². The van der Waals surface area contributed by atoms with E-state index in [0.717, 1.165) is 0 Å². The molecule has 0 bridgehead atoms. The Hall–Kier alpha value is 0.130. The van der Waals surface area contributed by atoms with E-state index in [0.29, 0.717) is 25.1 Å². The molecule has 0 aliphatic carbocycles. The molecule has 0 N–H and O–H groups in total. The smallest absolute Gasteiger partial charge is 0.274 e. The van der Waals surface area contributed by atoms with Crippen molar-refractivity contribution in [3.8, 4) is 6.07 Å². The fourth-order valence-electron chi connectivity index (χ4n) is 1.30. The van der Waals surface area contributed by atoms with Gasteiger partial charge < -0.3 is 4.52 Å². The Balaban J connectivity index is 4.01. The van der Waals surface area contributed by atoms with E-state index in [9.17, 15) is 0 Å². The topological polar surface area (TPSA) is 16.8 Å². The normalized spacial score (nSPS) is 13.1. The first kappa shape index (κ1) is 15.1. The summed E-state index contributed by atoms with van der Waals surface area (Å²) in [5, 5.41) is 0. The van der Waals surface area contributed by atoms with E-state index in [1.165, 1.54) is 0 Å². The molecule has 1 atom stereocenters. The van der Waals surface area contributed by atoms with Crippen molar-refractivity contribution in [3.05, 3.63) is 4.85 Å². The second-order valence-corrected chi connectivity index (χ2v) is 5.80. The van der Waals surface area contributed by atoms with Gasteiger partial charge in [-0.05, 0) is 38.9 Å². The first-order chi connectivity index (χ1) is 7.00. The van der Waals surface area contributed by atoms with E-state index in [1.54, 1.807) is 7.05 Å². The summed E-state index contributed by atoms with van der Waals surface area (Å²) in [4.78, 5) is 3.77. The minimum Gasteiger partial charge on any atom is -0.330 e. The second-order valence-electron chi connectivity index (χ2n) is 3.76. The summed E-state index contributed by atoms with van der Waals surface area (Å²) < 4.78 is 7.74. The third-order valence-corrected chi connectivity index (χ3v) is 4.31. The van der Waals surface area contributed by atoms with E-state index >= 15 is 0 Å². The summed E-state index contributed by atoms with van der Waals surface area (Å²) in [6.45, 7) is 9.09. The molecule has 3 nitrogen and oxygen atoms in total. The zero-order valence-corrected chi connectivity index (χ0v) is 11.8. The second kappa shape index (κ2) is 8.30. The van der Waals surface area contributed by atoms with Gasteiger partial charge in [0.25, 0.3) is 13.1 Å². The summed E-state index contributed by atoms with van der Waals surface area (Å²) in [5.41, 5.74) is 0. The lowest BCUT2D eigenvalue weighted by atomic mass is 10.3. The average Bonchev–Trinajstić information content (AvgIpc) is 2.11. The Bertz CT molecular complexity index is 217. The molecule has 0 saturated carbocycles. The summed E-state index contributed by atoms with van der Waals surface area (Å²) in [6.07, 6.45) is 0.700. The van der Waals surface area contributed by atoms with Crippen LogP contribution in [0.25, 0.3) is 4.85 Å². The largest absolute Gasteiger partial charge is 0.330 e. The molecule has 0 aromatic carbocycles. The molecule has 88 valence electrons. The predicted molar refractivity (Wildman–Crippen MR) is 68.6 cm³/mol. The molecule has 0 aromatic heterocycles. The van der Waals surface area contributed by atoms with Gasteiger partial charge in [-0.25, -0.2) is 4.67 Å². The van der Waals surface area contributed by atoms with Crippen LogP contribution in [-0.2, 0) is 4.52 Å². The van der Waals surface area contributed by atoms with E-state index < -0.39 is 7.65 Å². The molecular weight excluding hydrogens is 231 g/mol. The van der Waals surface area contributed by atoms with Crippen molar-refractivity contribution in [2.75, 3.05) is 13.7 Å². The number of hydrogen-bond donors (Lipinski definition) is 0. The van der Waals surface area contributed by atoms with Crippen molar-refractivity contribution in [1.82, 2.24) is 4.67 Å². The van der Waals surface area contributed by atoms with Crippen molar-refractivity contribution < 1.29 is 4.52 Å². The van der Waals surface area contributed by atoms with E-state index in [2.05, 4.69) is 43.3 Å². The number of halogens is 1. The van der Waals surface area contributed by atoms with Gasteiger partial charge in [0.05, 0.1) is 6.61 Å². The van der Waals surface area contributed by atoms with Crippen LogP contribution in [0.4, 0.5) is 0 Å². The van der Waals surface area contributed by atoms with Crippen LogP contribution < -0.4 is 0 Å². The number of rotatable bonds is 6. The van der Waals surface area contributed by atoms with Crippen molar-refractivity contribution >= 4 is 18.9 Å². The van der Waals surface area contributed by atoms with Crippen LogP contribution >= 0.6 is 18.9 Å². The molecule has 0 aromatic rings. The third kappa shape index (κ3) is 6.33. The summed E-state index contributed by atoms with van der Waals surface area (Å²) in [6, 6.07) is 3.64. The molecule has 0 aliphatic rings. The molecule has 0 radical (unpaired) electrons. The first-order valence-corrected chi connectivity index (χ1v) is 7.31. The lowest BCUT2D eigenvalue weighted by molar-refractivity contribution is 0.266. The van der Waals surface area contributed by atoms with Crippen molar-refractivity contribution in [3.63, 3.8) is 0 Å². The van der Waals surface area contributed by atoms with Gasteiger partial charge in [0.15, 0.2) is 0 Å². The molecule has 0 fully saturated rings. The zero-order chi connectivity index (χ0) is 11.8. The quantitative estimate of drug-likeness (QED) is 0.525. The van der Waals surface area contributed by atoms with E-state index in [-0.39, 0.29) is 0 Å². The van der Waals surface area contributed by atoms with Gasteiger partial charge in [-0.1, -0.05) is 4.85 Å². The van der Waals surface area contributed by atoms with Gasteiger partial charge in [0.2, 0.25) is 7.65 Å². The van der Waals surface area contributed by atoms with E-state index in [1.807, 2.05) is 0 Å². The first-order valence-electron chi connectivity index (χ1n) is 5.19. The van der Waals surface area contributed by atoms with Crippen molar-refractivity contribution in [2.24, 2.45) is 0 Å². The fraction of sp³-hybridized carbons (Fsp3) is 0.900. The summed E-state index contributed by atoms with van der Waals surface area (Å²) in [5.74, 6) is 0. The highest BCUT2D eigenvalue weighted by atomic mass is 35.7. The number of hydrogen-bond acceptors (Lipinski definition) is 2. The average molecular weight is 252 g/mol. The Labute approximate surface area is 99.2 Å². The summed E-state index contributed by atoms with van der Waals surface area (Å²) in [7, 11) is 0.691. The van der Waals surface area contributed by atoms with Crippen LogP contribution in [0.2, 0.25) is 0 Å². The van der Waals surface area contributed by atoms with Gasteiger partial charge in [-0.15, -0.1) is 0 Å².